The molecule has 0 radical (unpaired) electrons. The predicted molar refractivity (Wildman–Crippen MR) is 73.8 cm³/mol. The van der Waals surface area contributed by atoms with Crippen LogP contribution >= 0.6 is 0 Å². The molecule has 0 unspecified atom stereocenters. The van der Waals surface area contributed by atoms with Gasteiger partial charge in [-0.2, -0.15) is 5.26 Å². The molecule has 2 rings (SSSR count). The molecule has 0 aliphatic rings. The molecule has 4 nitrogen and oxygen atoms in total. The smallest absolute Gasteiger partial charge is 0.237 e. The fourth-order valence-corrected chi connectivity index (χ4v) is 2.88. The van der Waals surface area contributed by atoms with Crippen molar-refractivity contribution in [3.63, 3.8) is 0 Å². The number of rotatable bonds is 4. The van der Waals surface area contributed by atoms with E-state index in [4.69, 9.17) is 5.26 Å². The first kappa shape index (κ1) is 14.9. The predicted octanol–water partition coefficient (Wildman–Crippen LogP) is 2.78. The Kier molecular flexibility index (Phi) is 4.19. The average Bonchev–Trinajstić information content (AvgIpc) is 2.44. The van der Waals surface area contributed by atoms with E-state index < -0.39 is 33.1 Å². The van der Waals surface area contributed by atoms with Crippen LogP contribution in [-0.4, -0.2) is 8.42 Å². The third-order valence-corrected chi connectivity index (χ3v) is 3.90. The summed E-state index contributed by atoms with van der Waals surface area (Å²) in [5, 5.41) is 8.65. The van der Waals surface area contributed by atoms with E-state index >= 15 is 0 Å². The Morgan fingerprint density at radius 2 is 1.76 bits per heavy atom. The second-order valence-electron chi connectivity index (χ2n) is 4.27. The maximum atomic E-state index is 13.4. The molecule has 0 atom stereocenters. The van der Waals surface area contributed by atoms with Crippen LogP contribution in [-0.2, 0) is 15.8 Å². The Labute approximate surface area is 120 Å². The molecule has 0 aromatic heterocycles. The van der Waals surface area contributed by atoms with Gasteiger partial charge in [-0.1, -0.05) is 18.2 Å². The van der Waals surface area contributed by atoms with Gasteiger partial charge in [0.2, 0.25) is 10.0 Å². The van der Waals surface area contributed by atoms with Crippen molar-refractivity contribution in [2.24, 2.45) is 0 Å². The summed E-state index contributed by atoms with van der Waals surface area (Å²) in [7, 11) is -3.89. The van der Waals surface area contributed by atoms with E-state index in [-0.39, 0.29) is 0 Å². The molecule has 0 saturated carbocycles. The van der Waals surface area contributed by atoms with Crippen LogP contribution in [0.1, 0.15) is 11.1 Å². The number of nitriles is 1. The van der Waals surface area contributed by atoms with Crippen molar-refractivity contribution in [3.05, 3.63) is 65.2 Å². The van der Waals surface area contributed by atoms with Crippen molar-refractivity contribution in [2.45, 2.75) is 5.75 Å². The summed E-state index contributed by atoms with van der Waals surface area (Å²) >= 11 is 0. The van der Waals surface area contributed by atoms with Crippen molar-refractivity contribution in [1.82, 2.24) is 0 Å². The zero-order valence-corrected chi connectivity index (χ0v) is 11.5. The van der Waals surface area contributed by atoms with Crippen LogP contribution in [0.15, 0.2) is 42.5 Å². The Bertz CT molecular complexity index is 797. The van der Waals surface area contributed by atoms with Gasteiger partial charge in [0, 0.05) is 0 Å². The molecule has 0 aliphatic carbocycles. The van der Waals surface area contributed by atoms with Gasteiger partial charge in [-0.3, -0.25) is 4.72 Å². The number of nitrogens with zero attached hydrogens (tertiary/aromatic N) is 1. The van der Waals surface area contributed by atoms with E-state index in [0.29, 0.717) is 11.1 Å². The van der Waals surface area contributed by atoms with Gasteiger partial charge in [0.15, 0.2) is 11.6 Å². The molecule has 2 aromatic rings. The first-order valence-corrected chi connectivity index (χ1v) is 7.50. The van der Waals surface area contributed by atoms with Gasteiger partial charge in [-0.15, -0.1) is 0 Å². The Hall–Kier alpha value is -2.46. The number of nitrogens with one attached hydrogen (secondary N) is 1. The molecule has 0 fully saturated rings. The topological polar surface area (TPSA) is 70.0 Å². The van der Waals surface area contributed by atoms with Crippen LogP contribution in [0.5, 0.6) is 0 Å². The van der Waals surface area contributed by atoms with Crippen LogP contribution in [0.25, 0.3) is 0 Å². The lowest BCUT2D eigenvalue weighted by Crippen LogP contribution is -2.16. The van der Waals surface area contributed by atoms with Crippen molar-refractivity contribution in [1.29, 1.82) is 5.26 Å². The molecule has 21 heavy (non-hydrogen) atoms. The van der Waals surface area contributed by atoms with E-state index in [0.717, 1.165) is 12.1 Å². The van der Waals surface area contributed by atoms with Crippen LogP contribution in [0.4, 0.5) is 14.5 Å². The largest absolute Gasteiger partial charge is 0.280 e. The fourth-order valence-electron chi connectivity index (χ4n) is 1.68. The Balaban J connectivity index is 2.18. The highest BCUT2D eigenvalue weighted by Gasteiger charge is 2.16. The average molecular weight is 308 g/mol. The minimum absolute atomic E-state index is 0.403. The summed E-state index contributed by atoms with van der Waals surface area (Å²) < 4.78 is 52.3. The number of sulfonamides is 1. The Morgan fingerprint density at radius 1 is 1.10 bits per heavy atom. The molecular weight excluding hydrogens is 298 g/mol. The van der Waals surface area contributed by atoms with Gasteiger partial charge in [0.25, 0.3) is 0 Å². The number of halogens is 2. The molecular formula is C14H10F2N2O2S. The number of hydrogen-bond acceptors (Lipinski definition) is 3. The van der Waals surface area contributed by atoms with Crippen molar-refractivity contribution in [2.75, 3.05) is 4.72 Å². The second kappa shape index (κ2) is 5.89. The highest BCUT2D eigenvalue weighted by atomic mass is 32.2. The highest BCUT2D eigenvalue weighted by Crippen LogP contribution is 2.19. The van der Waals surface area contributed by atoms with Crippen molar-refractivity contribution < 1.29 is 17.2 Å². The Morgan fingerprint density at radius 3 is 2.38 bits per heavy atom. The van der Waals surface area contributed by atoms with Gasteiger partial charge in [0.05, 0.1) is 23.1 Å². The molecule has 0 saturated heterocycles. The molecule has 1 N–H and O–H groups in total. The molecule has 108 valence electrons. The van der Waals surface area contributed by atoms with E-state index in [1.165, 1.54) is 30.3 Å². The van der Waals surface area contributed by atoms with Gasteiger partial charge in [-0.05, 0) is 29.8 Å². The number of anilines is 1. The van der Waals surface area contributed by atoms with Gasteiger partial charge >= 0.3 is 0 Å². The summed E-state index contributed by atoms with van der Waals surface area (Å²) in [5.41, 5.74) is 0.391. The third-order valence-electron chi connectivity index (χ3n) is 2.66. The molecule has 0 spiro atoms. The lowest BCUT2D eigenvalue weighted by atomic mass is 10.2. The van der Waals surface area contributed by atoms with Crippen molar-refractivity contribution >= 4 is 15.7 Å². The maximum Gasteiger partial charge on any atom is 0.237 e. The normalized spacial score (nSPS) is 10.9. The van der Waals surface area contributed by atoms with Gasteiger partial charge in [0.1, 0.15) is 0 Å². The summed E-state index contributed by atoms with van der Waals surface area (Å²) in [6.45, 7) is 0. The fraction of sp³-hybridized carbons (Fsp3) is 0.0714. The minimum Gasteiger partial charge on any atom is -0.280 e. The van der Waals surface area contributed by atoms with Crippen molar-refractivity contribution in [3.8, 4) is 6.07 Å². The van der Waals surface area contributed by atoms with Crippen LogP contribution in [0.2, 0.25) is 0 Å². The van der Waals surface area contributed by atoms with Gasteiger partial charge in [-0.25, -0.2) is 17.2 Å². The monoisotopic (exact) mass is 308 g/mol. The van der Waals surface area contributed by atoms with E-state index in [1.54, 1.807) is 0 Å². The lowest BCUT2D eigenvalue weighted by molar-refractivity contribution is 0.511. The molecule has 0 aliphatic heterocycles. The lowest BCUT2D eigenvalue weighted by Gasteiger charge is -2.09. The first-order valence-electron chi connectivity index (χ1n) is 5.85. The summed E-state index contributed by atoms with van der Waals surface area (Å²) in [5.74, 6) is -2.79. The SMILES string of the molecule is N#Cc1ccc(CS(=O)(=O)Nc2cccc(F)c2F)cc1. The van der Waals surface area contributed by atoms with E-state index in [9.17, 15) is 17.2 Å². The molecule has 0 amide bonds. The highest BCUT2D eigenvalue weighted by molar-refractivity contribution is 7.91. The minimum atomic E-state index is -3.89. The van der Waals surface area contributed by atoms with Crippen LogP contribution in [0, 0.1) is 23.0 Å². The standard InChI is InChI=1S/C14H10F2N2O2S/c15-12-2-1-3-13(14(12)16)18-21(19,20)9-11-6-4-10(8-17)5-7-11/h1-7,18H,9H2. The summed E-state index contributed by atoms with van der Waals surface area (Å²) in [4.78, 5) is 0. The quantitative estimate of drug-likeness (QED) is 0.944. The molecule has 0 heterocycles. The zero-order valence-electron chi connectivity index (χ0n) is 10.7. The third kappa shape index (κ3) is 3.77. The number of hydrogen-bond donors (Lipinski definition) is 1. The van der Waals surface area contributed by atoms with Gasteiger partial charge < -0.3 is 0 Å². The van der Waals surface area contributed by atoms with Crippen LogP contribution in [0.3, 0.4) is 0 Å². The summed E-state index contributed by atoms with van der Waals surface area (Å²) in [6, 6.07) is 11.1. The van der Waals surface area contributed by atoms with E-state index in [1.807, 2.05) is 10.8 Å². The summed E-state index contributed by atoms with van der Waals surface area (Å²) in [6.07, 6.45) is 0. The molecule has 7 heteroatoms. The zero-order chi connectivity index (χ0) is 15.5. The maximum absolute atomic E-state index is 13.4. The molecule has 0 bridgehead atoms. The number of benzene rings is 2. The van der Waals surface area contributed by atoms with E-state index in [2.05, 4.69) is 0 Å². The first-order chi connectivity index (χ1) is 9.91. The second-order valence-corrected chi connectivity index (χ2v) is 5.99. The van der Waals surface area contributed by atoms with Crippen LogP contribution < -0.4 is 4.72 Å². The molecule has 2 aromatic carbocycles.